The molecule has 0 aromatic carbocycles. The number of amides is 1. The average molecular weight is 249 g/mol. The number of aromatic nitrogens is 2. The summed E-state index contributed by atoms with van der Waals surface area (Å²) in [4.78, 5) is 18.2. The summed E-state index contributed by atoms with van der Waals surface area (Å²) in [5.74, 6) is 0.255. The second-order valence-corrected chi connectivity index (χ2v) is 5.19. The molecule has 18 heavy (non-hydrogen) atoms. The fourth-order valence-electron chi connectivity index (χ4n) is 1.57. The fraction of sp³-hybridized carbons (Fsp3) is 0.545. The molecule has 1 aliphatic rings. The second-order valence-electron chi connectivity index (χ2n) is 5.19. The number of anilines is 1. The Bertz CT molecular complexity index is 431. The Balaban J connectivity index is 2.17. The topological polar surface area (TPSA) is 73.3 Å². The molecule has 0 bridgehead atoms. The summed E-state index contributed by atoms with van der Waals surface area (Å²) in [6.07, 6.45) is 3.70. The third-order valence-electron chi connectivity index (χ3n) is 3.39. The highest BCUT2D eigenvalue weighted by molar-refractivity contribution is 6.61. The molecule has 0 saturated carbocycles. The zero-order valence-electron chi connectivity index (χ0n) is 10.9. The Kier molecular flexibility index (Phi) is 3.12. The Morgan fingerprint density at radius 3 is 2.11 bits per heavy atom. The summed E-state index contributed by atoms with van der Waals surface area (Å²) in [6.45, 7) is 7.93. The van der Waals surface area contributed by atoms with Gasteiger partial charge in [-0.25, -0.2) is 9.97 Å². The van der Waals surface area contributed by atoms with Gasteiger partial charge in [0.2, 0.25) is 12.4 Å². The highest BCUT2D eigenvalue weighted by Crippen LogP contribution is 2.36. The minimum absolute atomic E-state index is 0.255. The summed E-state index contributed by atoms with van der Waals surface area (Å²) in [5, 5.41) is 2.37. The predicted molar refractivity (Wildman–Crippen MR) is 67.4 cm³/mol. The lowest BCUT2D eigenvalue weighted by atomic mass is 9.81. The van der Waals surface area contributed by atoms with Crippen molar-refractivity contribution in [3.05, 3.63) is 12.4 Å². The van der Waals surface area contributed by atoms with Gasteiger partial charge in [0, 0.05) is 17.9 Å². The van der Waals surface area contributed by atoms with Crippen molar-refractivity contribution in [1.82, 2.24) is 9.97 Å². The van der Waals surface area contributed by atoms with Crippen LogP contribution in [0.25, 0.3) is 0 Å². The maximum atomic E-state index is 10.2. The number of nitrogens with zero attached hydrogens (tertiary/aromatic N) is 2. The molecule has 0 aliphatic carbocycles. The van der Waals surface area contributed by atoms with Crippen molar-refractivity contribution in [2.45, 2.75) is 38.9 Å². The molecule has 1 aromatic heterocycles. The molecule has 1 saturated heterocycles. The molecule has 7 heteroatoms. The molecule has 96 valence electrons. The molecule has 1 amide bonds. The van der Waals surface area contributed by atoms with Gasteiger partial charge in [0.05, 0.1) is 11.2 Å². The van der Waals surface area contributed by atoms with Gasteiger partial charge in [0.25, 0.3) is 0 Å². The Morgan fingerprint density at radius 1 is 1.17 bits per heavy atom. The summed E-state index contributed by atoms with van der Waals surface area (Å²) < 4.78 is 11.7. The number of hydrogen-bond donors (Lipinski definition) is 1. The SMILES string of the molecule is CC1(C)OB(c2cnc(NC=O)nc2)OC1(C)C. The number of carbonyl (C=O) groups is 1. The van der Waals surface area contributed by atoms with E-state index in [9.17, 15) is 4.79 Å². The summed E-state index contributed by atoms with van der Waals surface area (Å²) >= 11 is 0. The van der Waals surface area contributed by atoms with Crippen LogP contribution in [0.3, 0.4) is 0 Å². The highest BCUT2D eigenvalue weighted by Gasteiger charge is 2.51. The summed E-state index contributed by atoms with van der Waals surface area (Å²) in [5.41, 5.74) is -0.0560. The molecule has 0 unspecified atom stereocenters. The maximum absolute atomic E-state index is 10.2. The van der Waals surface area contributed by atoms with E-state index < -0.39 is 18.3 Å². The van der Waals surface area contributed by atoms with Crippen LogP contribution in [0.1, 0.15) is 27.7 Å². The Hall–Kier alpha value is -1.47. The normalized spacial score (nSPS) is 20.8. The lowest BCUT2D eigenvalue weighted by molar-refractivity contribution is -0.105. The third-order valence-corrected chi connectivity index (χ3v) is 3.39. The van der Waals surface area contributed by atoms with Gasteiger partial charge in [-0.15, -0.1) is 0 Å². The van der Waals surface area contributed by atoms with E-state index in [-0.39, 0.29) is 5.95 Å². The number of hydrogen-bond acceptors (Lipinski definition) is 5. The van der Waals surface area contributed by atoms with E-state index in [4.69, 9.17) is 9.31 Å². The lowest BCUT2D eigenvalue weighted by Gasteiger charge is -2.32. The quantitative estimate of drug-likeness (QED) is 0.617. The van der Waals surface area contributed by atoms with Gasteiger partial charge in [-0.2, -0.15) is 0 Å². The second kappa shape index (κ2) is 4.33. The largest absolute Gasteiger partial charge is 0.498 e. The van der Waals surface area contributed by atoms with Crippen LogP contribution in [0.2, 0.25) is 0 Å². The van der Waals surface area contributed by atoms with Crippen molar-refractivity contribution < 1.29 is 14.1 Å². The standard InChI is InChI=1S/C11H16BN3O3/c1-10(2)11(3,4)18-12(17-10)8-5-13-9(14-6-8)15-7-16/h5-7H,1-4H3,(H,13,14,15,16). The van der Waals surface area contributed by atoms with Crippen molar-refractivity contribution in [2.75, 3.05) is 5.32 Å². The molecule has 1 fully saturated rings. The molecule has 0 spiro atoms. The molecule has 0 radical (unpaired) electrons. The highest BCUT2D eigenvalue weighted by atomic mass is 16.7. The van der Waals surface area contributed by atoms with Crippen molar-refractivity contribution in [1.29, 1.82) is 0 Å². The van der Waals surface area contributed by atoms with Gasteiger partial charge in [-0.1, -0.05) is 0 Å². The minimum atomic E-state index is -0.486. The van der Waals surface area contributed by atoms with Crippen LogP contribution < -0.4 is 10.8 Å². The van der Waals surface area contributed by atoms with Gasteiger partial charge in [0.1, 0.15) is 0 Å². The van der Waals surface area contributed by atoms with Gasteiger partial charge >= 0.3 is 7.12 Å². The molecule has 0 atom stereocenters. The average Bonchev–Trinajstić information content (AvgIpc) is 2.50. The first-order valence-corrected chi connectivity index (χ1v) is 5.73. The van der Waals surface area contributed by atoms with Crippen molar-refractivity contribution >= 4 is 24.9 Å². The molecule has 1 aromatic rings. The van der Waals surface area contributed by atoms with Crippen LogP contribution in [0, 0.1) is 0 Å². The lowest BCUT2D eigenvalue weighted by Crippen LogP contribution is -2.41. The Morgan fingerprint density at radius 2 is 1.67 bits per heavy atom. The van der Waals surface area contributed by atoms with Crippen LogP contribution in [0.15, 0.2) is 12.4 Å². The van der Waals surface area contributed by atoms with Crippen LogP contribution in [-0.2, 0) is 14.1 Å². The number of nitrogens with one attached hydrogen (secondary N) is 1. The summed E-state index contributed by atoms with van der Waals surface area (Å²) in [7, 11) is -0.486. The molecular formula is C11H16BN3O3. The van der Waals surface area contributed by atoms with Crippen LogP contribution >= 0.6 is 0 Å². The van der Waals surface area contributed by atoms with Gasteiger partial charge in [-0.3, -0.25) is 10.1 Å². The molecule has 6 nitrogen and oxygen atoms in total. The minimum Gasteiger partial charge on any atom is -0.399 e. The summed E-state index contributed by atoms with van der Waals surface area (Å²) in [6, 6.07) is 0. The van der Waals surface area contributed by atoms with E-state index in [1.54, 1.807) is 12.4 Å². The van der Waals surface area contributed by atoms with E-state index in [2.05, 4.69) is 15.3 Å². The number of rotatable bonds is 3. The van der Waals surface area contributed by atoms with Gasteiger partial charge < -0.3 is 9.31 Å². The molecule has 2 heterocycles. The van der Waals surface area contributed by atoms with Crippen LogP contribution in [-0.4, -0.2) is 34.7 Å². The van der Waals surface area contributed by atoms with Gasteiger partial charge in [0.15, 0.2) is 0 Å². The molecular weight excluding hydrogens is 233 g/mol. The first-order valence-electron chi connectivity index (χ1n) is 5.73. The van der Waals surface area contributed by atoms with Crippen LogP contribution in [0.5, 0.6) is 0 Å². The van der Waals surface area contributed by atoms with E-state index >= 15 is 0 Å². The fourth-order valence-corrected chi connectivity index (χ4v) is 1.57. The molecule has 1 aliphatic heterocycles. The number of carbonyl (C=O) groups excluding carboxylic acids is 1. The maximum Gasteiger partial charge on any atom is 0.498 e. The van der Waals surface area contributed by atoms with Gasteiger partial charge in [-0.05, 0) is 27.7 Å². The monoisotopic (exact) mass is 249 g/mol. The molecule has 1 N–H and O–H groups in total. The molecule has 2 rings (SSSR count). The smallest absolute Gasteiger partial charge is 0.399 e. The third kappa shape index (κ3) is 2.23. The Labute approximate surface area is 106 Å². The predicted octanol–water partition coefficient (Wildman–Crippen LogP) is 0.344. The zero-order chi connectivity index (χ0) is 13.4. The zero-order valence-corrected chi connectivity index (χ0v) is 10.9. The van der Waals surface area contributed by atoms with Crippen molar-refractivity contribution in [3.63, 3.8) is 0 Å². The van der Waals surface area contributed by atoms with E-state index in [1.165, 1.54) is 0 Å². The van der Waals surface area contributed by atoms with E-state index in [0.717, 1.165) is 5.46 Å². The van der Waals surface area contributed by atoms with Crippen molar-refractivity contribution in [3.8, 4) is 0 Å². The first-order chi connectivity index (χ1) is 8.36. The van der Waals surface area contributed by atoms with Crippen molar-refractivity contribution in [2.24, 2.45) is 0 Å². The van der Waals surface area contributed by atoms with E-state index in [0.29, 0.717) is 6.41 Å². The van der Waals surface area contributed by atoms with Crippen LogP contribution in [0.4, 0.5) is 5.95 Å². The van der Waals surface area contributed by atoms with E-state index in [1.807, 2.05) is 27.7 Å². The first kappa shape index (κ1) is 13.0.